The number of fused-ring (bicyclic) bond motifs is 3. The first-order chi connectivity index (χ1) is 18.5. The summed E-state index contributed by atoms with van der Waals surface area (Å²) in [7, 11) is -6.43. The SMILES string of the molecule is [2H]c1c2c(c([2H])c(OC([2H])([2H])[2H])c1OC([2H])([2H])[2H])C1CC(=O)C(C([2H])([2H])C([2H])(C([2H])([2H])[2H])C([2H])([2H])C)C([2H])([2H])N1CC2. The molecule has 132 valence electrons. The van der Waals surface area contributed by atoms with Crippen LogP contribution >= 0.6 is 0 Å². The Morgan fingerprint density at radius 2 is 2.29 bits per heavy atom. The molecule has 1 aromatic rings. The number of carbonyl (C=O) groups excluding carboxylic acids is 1. The molecule has 3 unspecified atom stereocenters. The van der Waals surface area contributed by atoms with E-state index in [2.05, 4.69) is 0 Å². The lowest BCUT2D eigenvalue weighted by Crippen LogP contribution is -2.46. The number of piperidine rings is 1. The van der Waals surface area contributed by atoms with Crippen molar-refractivity contribution in [2.24, 2.45) is 11.8 Å². The second-order valence-electron chi connectivity index (χ2n) is 5.47. The summed E-state index contributed by atoms with van der Waals surface area (Å²) < 4.78 is 154. The summed E-state index contributed by atoms with van der Waals surface area (Å²) in [6, 6.07) is -2.92. The van der Waals surface area contributed by atoms with Crippen molar-refractivity contribution >= 4 is 5.78 Å². The first-order valence-electron chi connectivity index (χ1n) is 16.3. The van der Waals surface area contributed by atoms with Crippen LogP contribution in [0.4, 0.5) is 0 Å². The molecule has 0 aromatic heterocycles. The van der Waals surface area contributed by atoms with Gasteiger partial charge in [0.25, 0.3) is 0 Å². The van der Waals surface area contributed by atoms with Gasteiger partial charge < -0.3 is 9.47 Å². The molecule has 0 radical (unpaired) electrons. The van der Waals surface area contributed by atoms with Gasteiger partial charge in [0.15, 0.2) is 11.5 Å². The van der Waals surface area contributed by atoms with Gasteiger partial charge in [-0.25, -0.2) is 0 Å². The predicted octanol–water partition coefficient (Wildman–Crippen LogP) is 3.63. The van der Waals surface area contributed by atoms with Gasteiger partial charge in [-0.2, -0.15) is 0 Å². The third-order valence-corrected chi connectivity index (χ3v) is 4.11. The van der Waals surface area contributed by atoms with Crippen LogP contribution in [-0.4, -0.2) is 37.8 Å². The van der Waals surface area contributed by atoms with E-state index in [1.165, 1.54) is 0 Å². The van der Waals surface area contributed by atoms with Crippen molar-refractivity contribution in [2.45, 2.75) is 45.4 Å². The monoisotopic (exact) mass is 349 g/mol. The fraction of sp³-hybridized carbons (Fsp3) is 0.650. The van der Waals surface area contributed by atoms with Crippen LogP contribution in [0.1, 0.15) is 74.8 Å². The van der Waals surface area contributed by atoms with Crippen LogP contribution in [0.15, 0.2) is 12.1 Å². The number of benzene rings is 1. The van der Waals surface area contributed by atoms with Gasteiger partial charge in [-0.05, 0) is 41.9 Å². The summed E-state index contributed by atoms with van der Waals surface area (Å²) in [6.07, 6.45) is -7.78. The molecule has 24 heavy (non-hydrogen) atoms. The van der Waals surface area contributed by atoms with Gasteiger partial charge in [-0.15, -0.1) is 0 Å². The molecule has 4 nitrogen and oxygen atoms in total. The standard InChI is InChI=1S/C20H29NO3/c1-5-13(2)8-15-12-21-7-6-14-9-19(23-3)20(24-4)10-16(14)17(21)11-18(15)22/h9-10,13,15,17H,5-8,11-12H2,1-4H3/i2D3,3D3,4D3,5D2,8D2,9D,10D,12D2,13D. The normalized spacial score (nSPS) is 42.1. The predicted molar refractivity (Wildman–Crippen MR) is 94.8 cm³/mol. The number of Topliss-reactive ketones (excluding diaryl/α,β-unsaturated/α-hetero) is 1. The van der Waals surface area contributed by atoms with Crippen LogP contribution < -0.4 is 9.47 Å². The Labute approximate surface area is 170 Å². The summed E-state index contributed by atoms with van der Waals surface area (Å²) in [6.45, 7) is -6.43. The number of hydrogen-bond acceptors (Lipinski definition) is 4. The number of ketones is 1. The molecule has 0 aliphatic carbocycles. The summed E-state index contributed by atoms with van der Waals surface area (Å²) in [5.74, 6) is -9.18. The Morgan fingerprint density at radius 3 is 3.00 bits per heavy atom. The van der Waals surface area contributed by atoms with E-state index in [1.807, 2.05) is 0 Å². The highest BCUT2D eigenvalue weighted by atomic mass is 16.5. The van der Waals surface area contributed by atoms with Gasteiger partial charge in [0, 0.05) is 45.1 Å². The van der Waals surface area contributed by atoms with Gasteiger partial charge in [0.1, 0.15) is 5.78 Å². The molecule has 4 heteroatoms. The maximum atomic E-state index is 13.6. The molecule has 0 N–H and O–H groups in total. The van der Waals surface area contributed by atoms with Crippen LogP contribution in [0.3, 0.4) is 0 Å². The minimum Gasteiger partial charge on any atom is -0.493 e. The lowest BCUT2D eigenvalue weighted by Gasteiger charge is -2.43. The van der Waals surface area contributed by atoms with E-state index in [0.29, 0.717) is 6.92 Å². The molecule has 0 spiro atoms. The molecule has 1 fully saturated rings. The molecule has 1 aromatic carbocycles. The largest absolute Gasteiger partial charge is 0.493 e. The maximum Gasteiger partial charge on any atom is 0.161 e. The molecule has 0 amide bonds. The second kappa shape index (κ2) is 7.14. The van der Waals surface area contributed by atoms with E-state index in [9.17, 15) is 4.79 Å². The Bertz CT molecular complexity index is 1230. The van der Waals surface area contributed by atoms with Gasteiger partial charge in [-0.1, -0.05) is 20.1 Å². The molecule has 2 aliphatic rings. The van der Waals surface area contributed by atoms with Crippen molar-refractivity contribution in [1.82, 2.24) is 4.90 Å². The third kappa shape index (κ3) is 3.16. The quantitative estimate of drug-likeness (QED) is 0.814. The highest BCUT2D eigenvalue weighted by Crippen LogP contribution is 2.42. The highest BCUT2D eigenvalue weighted by molar-refractivity contribution is 5.83. The van der Waals surface area contributed by atoms with E-state index in [4.69, 9.17) is 34.1 Å². The lowest BCUT2D eigenvalue weighted by atomic mass is 9.79. The molecule has 3 atom stereocenters. The molecule has 0 bridgehead atoms. The molecule has 0 saturated carbocycles. The van der Waals surface area contributed by atoms with Crippen LogP contribution in [0, 0.1) is 11.8 Å². The third-order valence-electron chi connectivity index (χ3n) is 4.11. The van der Waals surface area contributed by atoms with E-state index in [0.717, 1.165) is 4.90 Å². The average Bonchev–Trinajstić information content (AvgIpc) is 2.74. The van der Waals surface area contributed by atoms with Crippen molar-refractivity contribution in [3.05, 3.63) is 23.2 Å². The topological polar surface area (TPSA) is 38.8 Å². The molecule has 1 saturated heterocycles. The van der Waals surface area contributed by atoms with Crippen molar-refractivity contribution in [3.63, 3.8) is 0 Å². The number of rotatable bonds is 5. The minimum absolute atomic E-state index is 0.0642. The van der Waals surface area contributed by atoms with E-state index < -0.39 is 93.8 Å². The first kappa shape index (κ1) is 5.73. The van der Waals surface area contributed by atoms with Crippen molar-refractivity contribution in [2.75, 3.05) is 27.1 Å². The number of nitrogens with zero attached hydrogens (tertiary/aromatic N) is 1. The van der Waals surface area contributed by atoms with Crippen molar-refractivity contribution < 1.29 is 38.9 Å². The van der Waals surface area contributed by atoms with Gasteiger partial charge in [0.05, 0.1) is 25.0 Å². The number of methoxy groups -OCH3 is 2. The molecule has 2 heterocycles. The van der Waals surface area contributed by atoms with Crippen LogP contribution in [0.25, 0.3) is 0 Å². The van der Waals surface area contributed by atoms with E-state index in [-0.39, 0.29) is 24.1 Å². The zero-order valence-corrected chi connectivity index (χ0v) is 12.9. The van der Waals surface area contributed by atoms with Crippen LogP contribution in [0.2, 0.25) is 0 Å². The smallest absolute Gasteiger partial charge is 0.161 e. The summed E-state index contributed by atoms with van der Waals surface area (Å²) in [5, 5.41) is 0. The Balaban J connectivity index is 2.25. The zero-order valence-electron chi connectivity index (χ0n) is 30.9. The number of ether oxygens (including phenoxy) is 2. The average molecular weight is 350 g/mol. The molecule has 2 aliphatic heterocycles. The number of hydrogen-bond donors (Lipinski definition) is 0. The Morgan fingerprint density at radius 1 is 1.50 bits per heavy atom. The van der Waals surface area contributed by atoms with Crippen LogP contribution in [-0.2, 0) is 11.2 Å². The van der Waals surface area contributed by atoms with Gasteiger partial charge in [-0.3, -0.25) is 9.69 Å². The first-order valence-corrected chi connectivity index (χ1v) is 7.34. The van der Waals surface area contributed by atoms with E-state index >= 15 is 0 Å². The summed E-state index contributed by atoms with van der Waals surface area (Å²) in [5.41, 5.74) is -0.330. The van der Waals surface area contributed by atoms with Crippen molar-refractivity contribution in [3.8, 4) is 11.5 Å². The fourth-order valence-corrected chi connectivity index (χ4v) is 2.93. The summed E-state index contributed by atoms with van der Waals surface area (Å²) in [4.78, 5) is 14.5. The lowest BCUT2D eigenvalue weighted by molar-refractivity contribution is -0.129. The Hall–Kier alpha value is -1.55. The van der Waals surface area contributed by atoms with Crippen molar-refractivity contribution in [1.29, 1.82) is 0 Å². The molecular formula is C20H29NO3. The van der Waals surface area contributed by atoms with E-state index in [1.54, 1.807) is 0 Å². The van der Waals surface area contributed by atoms with Gasteiger partial charge in [0.2, 0.25) is 0 Å². The maximum absolute atomic E-state index is 13.6. The van der Waals surface area contributed by atoms with Crippen LogP contribution in [0.5, 0.6) is 11.5 Å². The minimum atomic E-state index is -3.65. The Kier molecular flexibility index (Phi) is 1.70. The number of carbonyl (C=O) groups is 1. The van der Waals surface area contributed by atoms with Gasteiger partial charge >= 0.3 is 0 Å². The fourth-order valence-electron chi connectivity index (χ4n) is 2.93. The zero-order chi connectivity index (χ0) is 32.8. The second-order valence-corrected chi connectivity index (χ2v) is 5.47. The molecule has 3 rings (SSSR count). The summed E-state index contributed by atoms with van der Waals surface area (Å²) >= 11 is 0. The molecular weight excluding hydrogens is 302 g/mol. The highest BCUT2D eigenvalue weighted by Gasteiger charge is 2.38.